The maximum absolute atomic E-state index is 11.6. The zero-order valence-electron chi connectivity index (χ0n) is 14.3. The average Bonchev–Trinajstić information content (AvgIpc) is 2.56. The number of carboxylic acids is 1. The lowest BCUT2D eigenvalue weighted by atomic mass is 10.1. The molecule has 0 heterocycles. The van der Waals surface area contributed by atoms with Crippen molar-refractivity contribution in [2.75, 3.05) is 0 Å². The van der Waals surface area contributed by atoms with E-state index < -0.39 is 5.97 Å². The normalized spacial score (nSPS) is 10.8. The number of aliphatic carboxylic acids is 1. The van der Waals surface area contributed by atoms with Crippen LogP contribution in [0.1, 0.15) is 64.2 Å². The number of carbonyl (C=O) groups is 2. The number of unbranched alkanes of at least 4 members (excludes halogenated alkanes) is 8. The Morgan fingerprint density at radius 2 is 1.46 bits per heavy atom. The number of esters is 1. The third-order valence-corrected chi connectivity index (χ3v) is 3.73. The van der Waals surface area contributed by atoms with Gasteiger partial charge in [0.2, 0.25) is 0 Å². The van der Waals surface area contributed by atoms with E-state index in [-0.39, 0.29) is 5.97 Å². The summed E-state index contributed by atoms with van der Waals surface area (Å²) < 4.78 is 5.16. The van der Waals surface area contributed by atoms with Gasteiger partial charge < -0.3 is 9.84 Å². The van der Waals surface area contributed by atoms with E-state index in [1.807, 2.05) is 24.3 Å². The van der Waals surface area contributed by atoms with Crippen LogP contribution in [-0.4, -0.2) is 17.0 Å². The number of hydrogen-bond acceptors (Lipinski definition) is 3. The molecule has 24 heavy (non-hydrogen) atoms. The molecule has 1 aromatic rings. The van der Waals surface area contributed by atoms with Crippen molar-refractivity contribution in [2.24, 2.45) is 0 Å². The lowest BCUT2D eigenvalue weighted by Crippen LogP contribution is -2.03. The molecule has 0 atom stereocenters. The number of carbonyl (C=O) groups excluding carboxylic acids is 1. The van der Waals surface area contributed by atoms with Crippen LogP contribution in [0, 0.1) is 0 Å². The van der Waals surface area contributed by atoms with Crippen LogP contribution in [0.4, 0.5) is 0 Å². The number of para-hydroxylation sites is 1. The summed E-state index contributed by atoms with van der Waals surface area (Å²) in [5.74, 6) is -0.464. The van der Waals surface area contributed by atoms with Crippen LogP contribution in [0.15, 0.2) is 42.5 Å². The maximum atomic E-state index is 11.6. The van der Waals surface area contributed by atoms with E-state index in [1.54, 1.807) is 12.1 Å². The Hall–Kier alpha value is -2.10. The third-order valence-electron chi connectivity index (χ3n) is 3.73. The van der Waals surface area contributed by atoms with Gasteiger partial charge in [0, 0.05) is 12.5 Å². The molecule has 0 fully saturated rings. The summed E-state index contributed by atoms with van der Waals surface area (Å²) in [6.45, 7) is 0. The maximum Gasteiger partial charge on any atom is 0.335 e. The van der Waals surface area contributed by atoms with Crippen LogP contribution in [0.2, 0.25) is 0 Å². The van der Waals surface area contributed by atoms with Crippen molar-refractivity contribution >= 4 is 11.9 Å². The first-order valence-electron chi connectivity index (χ1n) is 8.83. The van der Waals surface area contributed by atoms with Crippen molar-refractivity contribution in [1.29, 1.82) is 0 Å². The molecule has 0 saturated carbocycles. The summed E-state index contributed by atoms with van der Waals surface area (Å²) in [6, 6.07) is 9.06. The predicted octanol–water partition coefficient (Wildman–Crippen LogP) is 5.13. The summed E-state index contributed by atoms with van der Waals surface area (Å²) in [5, 5.41) is 8.53. The van der Waals surface area contributed by atoms with Gasteiger partial charge in [0.1, 0.15) is 5.75 Å². The molecule has 0 aliphatic rings. The SMILES string of the molecule is O=C(O)CCCCCCCCCCC=CC(=O)Oc1ccccc1. The van der Waals surface area contributed by atoms with Gasteiger partial charge in [-0.3, -0.25) is 4.79 Å². The first-order valence-corrected chi connectivity index (χ1v) is 8.83. The fourth-order valence-electron chi connectivity index (χ4n) is 2.42. The van der Waals surface area contributed by atoms with E-state index in [1.165, 1.54) is 25.3 Å². The quantitative estimate of drug-likeness (QED) is 0.235. The number of hydrogen-bond donors (Lipinski definition) is 1. The highest BCUT2D eigenvalue weighted by Gasteiger charge is 1.99. The Kier molecular flexibility index (Phi) is 11.1. The van der Waals surface area contributed by atoms with Crippen molar-refractivity contribution in [2.45, 2.75) is 64.2 Å². The second kappa shape index (κ2) is 13.3. The van der Waals surface area contributed by atoms with Crippen molar-refractivity contribution in [3.63, 3.8) is 0 Å². The van der Waals surface area contributed by atoms with E-state index in [9.17, 15) is 9.59 Å². The summed E-state index contributed by atoms with van der Waals surface area (Å²) in [7, 11) is 0. The molecule has 1 rings (SSSR count). The van der Waals surface area contributed by atoms with E-state index in [0.717, 1.165) is 38.5 Å². The van der Waals surface area contributed by atoms with E-state index in [4.69, 9.17) is 9.84 Å². The van der Waals surface area contributed by atoms with Crippen molar-refractivity contribution < 1.29 is 19.4 Å². The Bertz CT molecular complexity index is 494. The largest absolute Gasteiger partial charge is 0.481 e. The first kappa shape index (κ1) is 19.9. The zero-order valence-corrected chi connectivity index (χ0v) is 14.3. The molecule has 0 aliphatic heterocycles. The summed E-state index contributed by atoms with van der Waals surface area (Å²) in [5.41, 5.74) is 0. The fourth-order valence-corrected chi connectivity index (χ4v) is 2.42. The molecule has 0 aliphatic carbocycles. The molecular weight excluding hydrogens is 304 g/mol. The number of carboxylic acid groups (broad SMARTS) is 1. The number of benzene rings is 1. The molecule has 0 aromatic heterocycles. The Morgan fingerprint density at radius 1 is 0.875 bits per heavy atom. The lowest BCUT2D eigenvalue weighted by molar-refractivity contribution is -0.137. The predicted molar refractivity (Wildman–Crippen MR) is 95.0 cm³/mol. The number of ether oxygens (including phenoxy) is 1. The average molecular weight is 332 g/mol. The number of allylic oxidation sites excluding steroid dienone is 1. The van der Waals surface area contributed by atoms with Gasteiger partial charge in [-0.05, 0) is 31.4 Å². The van der Waals surface area contributed by atoms with Crippen molar-refractivity contribution in [1.82, 2.24) is 0 Å². The van der Waals surface area contributed by atoms with Gasteiger partial charge in [-0.15, -0.1) is 0 Å². The first-order chi connectivity index (χ1) is 11.7. The van der Waals surface area contributed by atoms with Gasteiger partial charge in [-0.1, -0.05) is 62.8 Å². The monoisotopic (exact) mass is 332 g/mol. The lowest BCUT2D eigenvalue weighted by Gasteiger charge is -2.01. The Labute approximate surface area is 144 Å². The second-order valence-electron chi connectivity index (χ2n) is 5.90. The van der Waals surface area contributed by atoms with Crippen LogP contribution < -0.4 is 4.74 Å². The zero-order chi connectivity index (χ0) is 17.5. The van der Waals surface area contributed by atoms with E-state index in [2.05, 4.69) is 0 Å². The van der Waals surface area contributed by atoms with Gasteiger partial charge in [0.15, 0.2) is 0 Å². The highest BCUT2D eigenvalue weighted by Crippen LogP contribution is 2.11. The van der Waals surface area contributed by atoms with Crippen LogP contribution in [-0.2, 0) is 9.59 Å². The molecule has 132 valence electrons. The van der Waals surface area contributed by atoms with Crippen LogP contribution in [0.3, 0.4) is 0 Å². The van der Waals surface area contributed by atoms with Crippen LogP contribution >= 0.6 is 0 Å². The van der Waals surface area contributed by atoms with Gasteiger partial charge >= 0.3 is 11.9 Å². The number of rotatable bonds is 13. The topological polar surface area (TPSA) is 63.6 Å². The van der Waals surface area contributed by atoms with Gasteiger partial charge in [-0.25, -0.2) is 4.79 Å². The highest BCUT2D eigenvalue weighted by atomic mass is 16.5. The Balaban J connectivity index is 1.91. The Morgan fingerprint density at radius 3 is 2.08 bits per heavy atom. The molecular formula is C20H28O4. The molecule has 0 unspecified atom stereocenters. The standard InChI is InChI=1S/C20H28O4/c21-19(22)16-12-7-5-3-1-2-4-6-8-13-17-20(23)24-18-14-10-9-11-15-18/h9-11,13-15,17H,1-8,12,16H2,(H,21,22). The van der Waals surface area contributed by atoms with Crippen LogP contribution in [0.5, 0.6) is 5.75 Å². The second-order valence-corrected chi connectivity index (χ2v) is 5.90. The molecule has 1 aromatic carbocycles. The molecule has 0 bridgehead atoms. The van der Waals surface area contributed by atoms with E-state index >= 15 is 0 Å². The minimum Gasteiger partial charge on any atom is -0.481 e. The molecule has 4 nitrogen and oxygen atoms in total. The molecule has 0 spiro atoms. The van der Waals surface area contributed by atoms with Crippen molar-refractivity contribution in [3.05, 3.63) is 42.5 Å². The minimum absolute atomic E-state index is 0.291. The molecule has 0 radical (unpaired) electrons. The van der Waals surface area contributed by atoms with Gasteiger partial charge in [0.25, 0.3) is 0 Å². The molecule has 0 saturated heterocycles. The van der Waals surface area contributed by atoms with Gasteiger partial charge in [-0.2, -0.15) is 0 Å². The van der Waals surface area contributed by atoms with Crippen molar-refractivity contribution in [3.8, 4) is 5.75 Å². The summed E-state index contributed by atoms with van der Waals surface area (Å²) in [6.07, 6.45) is 13.3. The van der Waals surface area contributed by atoms with E-state index in [0.29, 0.717) is 12.2 Å². The summed E-state index contributed by atoms with van der Waals surface area (Å²) in [4.78, 5) is 21.9. The van der Waals surface area contributed by atoms with Gasteiger partial charge in [0.05, 0.1) is 0 Å². The molecule has 0 amide bonds. The smallest absolute Gasteiger partial charge is 0.335 e. The summed E-state index contributed by atoms with van der Waals surface area (Å²) >= 11 is 0. The molecule has 4 heteroatoms. The fraction of sp³-hybridized carbons (Fsp3) is 0.500. The highest BCUT2D eigenvalue weighted by molar-refractivity contribution is 5.83. The minimum atomic E-state index is -0.698. The third kappa shape index (κ3) is 11.5. The van der Waals surface area contributed by atoms with Crippen LogP contribution in [0.25, 0.3) is 0 Å². The molecule has 1 N–H and O–H groups in total.